The summed E-state index contributed by atoms with van der Waals surface area (Å²) in [6, 6.07) is 7.98. The molecule has 2 N–H and O–H groups in total. The van der Waals surface area contributed by atoms with Crippen molar-refractivity contribution in [2.75, 3.05) is 5.73 Å². The summed E-state index contributed by atoms with van der Waals surface area (Å²) in [6.45, 7) is 3.92. The van der Waals surface area contributed by atoms with Crippen LogP contribution in [0.3, 0.4) is 0 Å². The van der Waals surface area contributed by atoms with E-state index in [0.717, 1.165) is 22.4 Å². The lowest BCUT2D eigenvalue weighted by Crippen LogP contribution is -2.00. The Balaban J connectivity index is 2.69. The van der Waals surface area contributed by atoms with Crippen molar-refractivity contribution < 1.29 is 0 Å². The molecular formula is C12H12ClN3. The third-order valence-electron chi connectivity index (χ3n) is 2.50. The molecule has 3 nitrogen and oxygen atoms in total. The number of rotatable bonds is 1. The number of anilines is 1. The second-order valence-electron chi connectivity index (χ2n) is 3.66. The van der Waals surface area contributed by atoms with Crippen molar-refractivity contribution in [2.24, 2.45) is 0 Å². The highest BCUT2D eigenvalue weighted by molar-refractivity contribution is 6.30. The van der Waals surface area contributed by atoms with Crippen LogP contribution in [0.5, 0.6) is 0 Å². The molecule has 0 aliphatic rings. The number of hydrogen-bond donors (Lipinski definition) is 1. The number of nitrogens with zero attached hydrogens (tertiary/aromatic N) is 2. The average Bonchev–Trinajstić information content (AvgIpc) is 2.24. The van der Waals surface area contributed by atoms with Crippen molar-refractivity contribution in [3.05, 3.63) is 40.5 Å². The van der Waals surface area contributed by atoms with Crippen LogP contribution in [-0.4, -0.2) is 9.97 Å². The maximum atomic E-state index is 5.99. The van der Waals surface area contributed by atoms with E-state index in [2.05, 4.69) is 9.97 Å². The number of aromatic nitrogens is 2. The van der Waals surface area contributed by atoms with Gasteiger partial charge in [-0.25, -0.2) is 9.97 Å². The van der Waals surface area contributed by atoms with Gasteiger partial charge in [-0.05, 0) is 19.4 Å². The predicted molar refractivity (Wildman–Crippen MR) is 66.4 cm³/mol. The summed E-state index contributed by atoms with van der Waals surface area (Å²) < 4.78 is 0. The van der Waals surface area contributed by atoms with E-state index >= 15 is 0 Å². The fourth-order valence-corrected chi connectivity index (χ4v) is 1.78. The molecule has 0 aliphatic carbocycles. The Bertz CT molecular complexity index is 538. The van der Waals surface area contributed by atoms with E-state index in [1.807, 2.05) is 38.1 Å². The minimum Gasteiger partial charge on any atom is -0.368 e. The van der Waals surface area contributed by atoms with Crippen LogP contribution in [-0.2, 0) is 0 Å². The second kappa shape index (κ2) is 4.10. The molecular weight excluding hydrogens is 222 g/mol. The lowest BCUT2D eigenvalue weighted by molar-refractivity contribution is 1.15. The molecule has 1 aromatic carbocycles. The van der Waals surface area contributed by atoms with E-state index in [1.165, 1.54) is 0 Å². The minimum atomic E-state index is 0.203. The molecule has 2 rings (SSSR count). The summed E-state index contributed by atoms with van der Waals surface area (Å²) in [5.41, 5.74) is 9.44. The number of nitrogens with two attached hydrogens (primary N) is 1. The Morgan fingerprint density at radius 1 is 1.12 bits per heavy atom. The van der Waals surface area contributed by atoms with Gasteiger partial charge in [-0.1, -0.05) is 35.9 Å². The van der Waals surface area contributed by atoms with Gasteiger partial charge >= 0.3 is 0 Å². The second-order valence-corrected chi connectivity index (χ2v) is 4.02. The van der Waals surface area contributed by atoms with Gasteiger partial charge in [-0.2, -0.15) is 0 Å². The van der Waals surface area contributed by atoms with Crippen LogP contribution in [0.4, 0.5) is 5.95 Å². The number of nitrogen functional groups attached to an aromatic ring is 1. The molecule has 0 amide bonds. The van der Waals surface area contributed by atoms with Gasteiger partial charge in [0.05, 0.1) is 5.69 Å². The van der Waals surface area contributed by atoms with Crippen LogP contribution >= 0.6 is 11.6 Å². The van der Waals surface area contributed by atoms with E-state index < -0.39 is 0 Å². The van der Waals surface area contributed by atoms with Crippen molar-refractivity contribution in [2.45, 2.75) is 13.8 Å². The molecule has 82 valence electrons. The molecule has 2 aromatic rings. The monoisotopic (exact) mass is 233 g/mol. The van der Waals surface area contributed by atoms with Crippen molar-refractivity contribution in [1.29, 1.82) is 0 Å². The summed E-state index contributed by atoms with van der Waals surface area (Å²) in [5.74, 6) is 0.203. The highest BCUT2D eigenvalue weighted by atomic mass is 35.5. The average molecular weight is 234 g/mol. The summed E-state index contributed by atoms with van der Waals surface area (Å²) >= 11 is 5.99. The molecule has 4 heteroatoms. The predicted octanol–water partition coefficient (Wildman–Crippen LogP) is 3.00. The molecule has 0 bridgehead atoms. The minimum absolute atomic E-state index is 0.203. The third-order valence-corrected chi connectivity index (χ3v) is 2.87. The zero-order chi connectivity index (χ0) is 11.7. The van der Waals surface area contributed by atoms with Crippen LogP contribution in [0.25, 0.3) is 11.3 Å². The molecule has 0 unspecified atom stereocenters. The van der Waals surface area contributed by atoms with Gasteiger partial charge in [0.25, 0.3) is 0 Å². The van der Waals surface area contributed by atoms with Crippen molar-refractivity contribution in [3.8, 4) is 11.3 Å². The number of hydrogen-bond acceptors (Lipinski definition) is 3. The van der Waals surface area contributed by atoms with Gasteiger partial charge in [-0.3, -0.25) is 0 Å². The highest BCUT2D eigenvalue weighted by Gasteiger charge is 2.11. The first-order valence-corrected chi connectivity index (χ1v) is 5.33. The first-order valence-electron chi connectivity index (χ1n) is 4.95. The molecule has 0 saturated carbocycles. The largest absolute Gasteiger partial charge is 0.368 e. The molecule has 0 atom stereocenters. The summed E-state index contributed by atoms with van der Waals surface area (Å²) in [7, 11) is 0. The van der Waals surface area contributed by atoms with Gasteiger partial charge in [0.1, 0.15) is 5.15 Å². The molecule has 1 heterocycles. The van der Waals surface area contributed by atoms with Gasteiger partial charge < -0.3 is 5.73 Å². The van der Waals surface area contributed by atoms with Crippen molar-refractivity contribution in [3.63, 3.8) is 0 Å². The molecule has 0 fully saturated rings. The fourth-order valence-electron chi connectivity index (χ4n) is 1.61. The van der Waals surface area contributed by atoms with Crippen LogP contribution in [0.2, 0.25) is 5.15 Å². The maximum absolute atomic E-state index is 5.99. The van der Waals surface area contributed by atoms with Gasteiger partial charge in [0.15, 0.2) is 0 Å². The van der Waals surface area contributed by atoms with Crippen LogP contribution in [0.15, 0.2) is 24.3 Å². The number of aryl methyl sites for hydroxylation is 1. The zero-order valence-corrected chi connectivity index (χ0v) is 9.92. The summed E-state index contributed by atoms with van der Waals surface area (Å²) in [4.78, 5) is 8.17. The maximum Gasteiger partial charge on any atom is 0.222 e. The van der Waals surface area contributed by atoms with Crippen molar-refractivity contribution >= 4 is 17.5 Å². The van der Waals surface area contributed by atoms with Crippen LogP contribution in [0.1, 0.15) is 11.1 Å². The first-order chi connectivity index (χ1) is 7.59. The van der Waals surface area contributed by atoms with E-state index in [9.17, 15) is 0 Å². The van der Waals surface area contributed by atoms with E-state index in [0.29, 0.717) is 5.15 Å². The van der Waals surface area contributed by atoms with E-state index in [1.54, 1.807) is 0 Å². The molecule has 0 aliphatic heterocycles. The lowest BCUT2D eigenvalue weighted by atomic mass is 10.0. The first kappa shape index (κ1) is 10.9. The lowest BCUT2D eigenvalue weighted by Gasteiger charge is -2.09. The van der Waals surface area contributed by atoms with Crippen LogP contribution < -0.4 is 5.73 Å². The molecule has 0 spiro atoms. The standard InChI is InChI=1S/C12H12ClN3/c1-7-5-3-4-6-9(7)10-8(2)11(13)16-12(14)15-10/h3-6H,1-2H3,(H2,14,15,16). The van der Waals surface area contributed by atoms with Crippen molar-refractivity contribution in [1.82, 2.24) is 9.97 Å². The smallest absolute Gasteiger partial charge is 0.222 e. The molecule has 0 saturated heterocycles. The Morgan fingerprint density at radius 3 is 2.50 bits per heavy atom. The van der Waals surface area contributed by atoms with Gasteiger partial charge in [-0.15, -0.1) is 0 Å². The Kier molecular flexibility index (Phi) is 2.79. The summed E-state index contributed by atoms with van der Waals surface area (Å²) in [6.07, 6.45) is 0. The Labute approximate surface area is 99.3 Å². The Hall–Kier alpha value is -1.61. The third kappa shape index (κ3) is 1.86. The van der Waals surface area contributed by atoms with Gasteiger partial charge in [0.2, 0.25) is 5.95 Å². The molecule has 1 aromatic heterocycles. The van der Waals surface area contributed by atoms with Gasteiger partial charge in [0, 0.05) is 11.1 Å². The van der Waals surface area contributed by atoms with Crippen LogP contribution in [0, 0.1) is 13.8 Å². The topological polar surface area (TPSA) is 51.8 Å². The quantitative estimate of drug-likeness (QED) is 0.771. The van der Waals surface area contributed by atoms with E-state index in [-0.39, 0.29) is 5.95 Å². The van der Waals surface area contributed by atoms with E-state index in [4.69, 9.17) is 17.3 Å². The Morgan fingerprint density at radius 2 is 1.81 bits per heavy atom. The summed E-state index contributed by atoms with van der Waals surface area (Å²) in [5, 5.41) is 0.408. The molecule has 0 radical (unpaired) electrons. The normalized spacial score (nSPS) is 10.4. The molecule has 16 heavy (non-hydrogen) atoms. The zero-order valence-electron chi connectivity index (χ0n) is 9.16. The SMILES string of the molecule is Cc1ccccc1-c1nc(N)nc(Cl)c1C. The number of benzene rings is 1. The number of halogens is 1. The fraction of sp³-hybridized carbons (Fsp3) is 0.167. The highest BCUT2D eigenvalue weighted by Crippen LogP contribution is 2.28.